The molecule has 0 bridgehead atoms. The van der Waals surface area contributed by atoms with Crippen molar-refractivity contribution in [3.63, 3.8) is 0 Å². The third kappa shape index (κ3) is 2.28. The van der Waals surface area contributed by atoms with Gasteiger partial charge in [-0.1, -0.05) is 17.7 Å². The van der Waals surface area contributed by atoms with Crippen LogP contribution in [0.1, 0.15) is 19.4 Å². The van der Waals surface area contributed by atoms with Gasteiger partial charge in [0.25, 0.3) is 0 Å². The van der Waals surface area contributed by atoms with Gasteiger partial charge in [0.2, 0.25) is 10.0 Å². The van der Waals surface area contributed by atoms with Crippen LogP contribution in [-0.4, -0.2) is 31.6 Å². The molecular formula is C12H16ClNO3S. The maximum Gasteiger partial charge on any atom is 0.245 e. The van der Waals surface area contributed by atoms with Crippen molar-refractivity contribution in [1.29, 1.82) is 0 Å². The molecule has 0 atom stereocenters. The molecule has 0 saturated carbocycles. The van der Waals surface area contributed by atoms with E-state index in [-0.39, 0.29) is 11.6 Å². The maximum atomic E-state index is 12.5. The van der Waals surface area contributed by atoms with Crippen molar-refractivity contribution < 1.29 is 13.2 Å². The Bertz CT molecular complexity index is 569. The van der Waals surface area contributed by atoms with Crippen LogP contribution in [0, 0.1) is 6.92 Å². The van der Waals surface area contributed by atoms with Gasteiger partial charge in [-0.15, -0.1) is 0 Å². The highest BCUT2D eigenvalue weighted by Crippen LogP contribution is 2.30. The molecule has 1 saturated heterocycles. The number of hydrogen-bond acceptors (Lipinski definition) is 3. The Labute approximate surface area is 113 Å². The van der Waals surface area contributed by atoms with E-state index in [1.54, 1.807) is 12.1 Å². The lowest BCUT2D eigenvalue weighted by molar-refractivity contribution is 0.171. The molecule has 100 valence electrons. The quantitative estimate of drug-likeness (QED) is 0.840. The van der Waals surface area contributed by atoms with Crippen molar-refractivity contribution in [2.75, 3.05) is 13.3 Å². The van der Waals surface area contributed by atoms with E-state index in [2.05, 4.69) is 0 Å². The van der Waals surface area contributed by atoms with Crippen molar-refractivity contribution in [3.8, 4) is 0 Å². The van der Waals surface area contributed by atoms with Crippen LogP contribution in [0.25, 0.3) is 0 Å². The summed E-state index contributed by atoms with van der Waals surface area (Å²) in [5, 5.41) is 0.453. The Morgan fingerprint density at radius 3 is 2.56 bits per heavy atom. The van der Waals surface area contributed by atoms with E-state index in [0.29, 0.717) is 11.6 Å². The summed E-state index contributed by atoms with van der Waals surface area (Å²) in [6.07, 6.45) is 0. The van der Waals surface area contributed by atoms with Gasteiger partial charge in [-0.2, -0.15) is 4.31 Å². The summed E-state index contributed by atoms with van der Waals surface area (Å²) in [5.74, 6) is 0. The smallest absolute Gasteiger partial charge is 0.245 e. The molecule has 1 aliphatic rings. The highest BCUT2D eigenvalue weighted by atomic mass is 35.5. The van der Waals surface area contributed by atoms with Crippen molar-refractivity contribution in [2.45, 2.75) is 31.2 Å². The molecule has 1 fully saturated rings. The Morgan fingerprint density at radius 2 is 2.06 bits per heavy atom. The van der Waals surface area contributed by atoms with Crippen LogP contribution >= 0.6 is 11.6 Å². The fourth-order valence-electron chi connectivity index (χ4n) is 1.88. The molecule has 1 heterocycles. The van der Waals surface area contributed by atoms with Crippen molar-refractivity contribution >= 4 is 21.6 Å². The zero-order valence-corrected chi connectivity index (χ0v) is 12.2. The van der Waals surface area contributed by atoms with Gasteiger partial charge in [0.05, 0.1) is 17.0 Å². The van der Waals surface area contributed by atoms with Crippen LogP contribution in [0.5, 0.6) is 0 Å². The number of hydrogen-bond donors (Lipinski definition) is 0. The van der Waals surface area contributed by atoms with Crippen LogP contribution in [0.3, 0.4) is 0 Å². The topological polar surface area (TPSA) is 46.6 Å². The zero-order chi connectivity index (χ0) is 13.6. The summed E-state index contributed by atoms with van der Waals surface area (Å²) in [5.41, 5.74) is 0.323. The molecule has 1 aliphatic heterocycles. The number of aryl methyl sites for hydroxylation is 1. The van der Waals surface area contributed by atoms with Gasteiger partial charge >= 0.3 is 0 Å². The zero-order valence-electron chi connectivity index (χ0n) is 10.6. The second-order valence-corrected chi connectivity index (χ2v) is 7.32. The normalized spacial score (nSPS) is 20.2. The van der Waals surface area contributed by atoms with E-state index < -0.39 is 15.6 Å². The summed E-state index contributed by atoms with van der Waals surface area (Å²) in [6, 6.07) is 4.77. The van der Waals surface area contributed by atoms with Gasteiger partial charge in [0, 0.05) is 5.02 Å². The highest BCUT2D eigenvalue weighted by Gasteiger charge is 2.42. The molecule has 6 heteroatoms. The number of halogens is 1. The first-order valence-corrected chi connectivity index (χ1v) is 7.44. The third-order valence-electron chi connectivity index (χ3n) is 3.07. The molecule has 0 unspecified atom stereocenters. The van der Waals surface area contributed by atoms with Crippen molar-refractivity contribution in [3.05, 3.63) is 28.8 Å². The third-order valence-corrected chi connectivity index (χ3v) is 5.51. The number of benzene rings is 1. The predicted molar refractivity (Wildman–Crippen MR) is 70.1 cm³/mol. The van der Waals surface area contributed by atoms with Crippen LogP contribution < -0.4 is 0 Å². The van der Waals surface area contributed by atoms with E-state index in [1.807, 2.05) is 20.8 Å². The second-order valence-electron chi connectivity index (χ2n) is 5.05. The molecule has 1 aromatic carbocycles. The van der Waals surface area contributed by atoms with Gasteiger partial charge in [0.1, 0.15) is 6.73 Å². The molecule has 0 aliphatic carbocycles. The van der Waals surface area contributed by atoms with Gasteiger partial charge < -0.3 is 4.74 Å². The van der Waals surface area contributed by atoms with Crippen molar-refractivity contribution in [1.82, 2.24) is 4.31 Å². The minimum Gasteiger partial charge on any atom is -0.363 e. The molecule has 4 nitrogen and oxygen atoms in total. The molecule has 18 heavy (non-hydrogen) atoms. The first-order chi connectivity index (χ1) is 8.25. The molecule has 0 N–H and O–H groups in total. The van der Waals surface area contributed by atoms with E-state index in [0.717, 1.165) is 5.56 Å². The SMILES string of the molecule is Cc1ccc(S(=O)(=O)N2COCC2(C)C)cc1Cl. The van der Waals surface area contributed by atoms with Crippen LogP contribution in [0.2, 0.25) is 5.02 Å². The Morgan fingerprint density at radius 1 is 1.39 bits per heavy atom. The van der Waals surface area contributed by atoms with E-state index in [1.165, 1.54) is 10.4 Å². The standard InChI is InChI=1S/C12H16ClNO3S/c1-9-4-5-10(6-11(9)13)18(15,16)14-8-17-7-12(14,2)3/h4-6H,7-8H2,1-3H3. The van der Waals surface area contributed by atoms with E-state index in [4.69, 9.17) is 16.3 Å². The Kier molecular flexibility index (Phi) is 3.44. The van der Waals surface area contributed by atoms with Crippen molar-refractivity contribution in [2.24, 2.45) is 0 Å². The molecular weight excluding hydrogens is 274 g/mol. The van der Waals surface area contributed by atoms with E-state index in [9.17, 15) is 8.42 Å². The number of ether oxygens (including phenoxy) is 1. The lowest BCUT2D eigenvalue weighted by atomic mass is 10.1. The fourth-order valence-corrected chi connectivity index (χ4v) is 3.80. The summed E-state index contributed by atoms with van der Waals surface area (Å²) in [4.78, 5) is 0.205. The summed E-state index contributed by atoms with van der Waals surface area (Å²) in [6.45, 7) is 6.00. The summed E-state index contributed by atoms with van der Waals surface area (Å²) in [7, 11) is -3.56. The minimum atomic E-state index is -3.56. The fraction of sp³-hybridized carbons (Fsp3) is 0.500. The number of nitrogens with zero attached hydrogens (tertiary/aromatic N) is 1. The Balaban J connectivity index is 2.45. The molecule has 0 amide bonds. The van der Waals surface area contributed by atoms with Gasteiger partial charge in [0.15, 0.2) is 0 Å². The van der Waals surface area contributed by atoms with Crippen LogP contribution in [0.15, 0.2) is 23.1 Å². The second kappa shape index (κ2) is 4.49. The number of sulfonamides is 1. The number of rotatable bonds is 2. The van der Waals surface area contributed by atoms with Gasteiger partial charge in [-0.3, -0.25) is 0 Å². The minimum absolute atomic E-state index is 0.0842. The van der Waals surface area contributed by atoms with Gasteiger partial charge in [-0.05, 0) is 38.5 Å². The molecule has 2 rings (SSSR count). The van der Waals surface area contributed by atoms with Gasteiger partial charge in [-0.25, -0.2) is 8.42 Å². The predicted octanol–water partition coefficient (Wildman–Crippen LogP) is 2.41. The maximum absolute atomic E-state index is 12.5. The Hall–Kier alpha value is -0.620. The molecule has 1 aromatic rings. The molecule has 0 aromatic heterocycles. The molecule has 0 spiro atoms. The largest absolute Gasteiger partial charge is 0.363 e. The van der Waals surface area contributed by atoms with Crippen LogP contribution in [-0.2, 0) is 14.8 Å². The molecule has 0 radical (unpaired) electrons. The summed E-state index contributed by atoms with van der Waals surface area (Å²) < 4.78 is 31.6. The lowest BCUT2D eigenvalue weighted by Crippen LogP contribution is -2.44. The van der Waals surface area contributed by atoms with Crippen LogP contribution in [0.4, 0.5) is 0 Å². The average molecular weight is 290 g/mol. The highest BCUT2D eigenvalue weighted by molar-refractivity contribution is 7.89. The first kappa shape index (κ1) is 13.8. The first-order valence-electron chi connectivity index (χ1n) is 5.62. The average Bonchev–Trinajstić information content (AvgIpc) is 2.62. The monoisotopic (exact) mass is 289 g/mol. The van der Waals surface area contributed by atoms with E-state index >= 15 is 0 Å². The lowest BCUT2D eigenvalue weighted by Gasteiger charge is -2.28. The summed E-state index contributed by atoms with van der Waals surface area (Å²) >= 11 is 5.98.